The van der Waals surface area contributed by atoms with Crippen molar-refractivity contribution in [2.45, 2.75) is 18.5 Å². The summed E-state index contributed by atoms with van der Waals surface area (Å²) in [4.78, 5) is 2.35. The molecule has 284 valence electrons. The van der Waals surface area contributed by atoms with Crippen LogP contribution in [-0.2, 0) is 5.41 Å². The number of benzene rings is 9. The van der Waals surface area contributed by atoms with Crippen LogP contribution in [0.15, 0.2) is 218 Å². The van der Waals surface area contributed by atoms with Crippen molar-refractivity contribution in [1.29, 1.82) is 0 Å². The zero-order valence-electron chi connectivity index (χ0n) is 33.7. The molecule has 3 heterocycles. The van der Waals surface area contributed by atoms with Crippen LogP contribution in [0.25, 0.3) is 49.7 Å². The number of aromatic nitrogens is 1. The predicted molar refractivity (Wildman–Crippen MR) is 255 cm³/mol. The normalized spacial score (nSPS) is 15.7. The summed E-state index contributed by atoms with van der Waals surface area (Å²) in [6.45, 7) is 5.09. The third-order valence-corrected chi connectivity index (χ3v) is 17.0. The number of hydrogen-bond acceptors (Lipinski definition) is 1. The maximum Gasteiger partial charge on any atom is 0.113 e. The molecule has 2 nitrogen and oxygen atoms in total. The second kappa shape index (κ2) is 13.2. The first-order valence-electron chi connectivity index (χ1n) is 21.0. The van der Waals surface area contributed by atoms with Gasteiger partial charge in [0, 0.05) is 27.8 Å². The fourth-order valence-electron chi connectivity index (χ4n) is 10.8. The highest BCUT2D eigenvalue weighted by atomic mass is 28.3. The molecule has 10 aromatic rings. The fourth-order valence-corrected chi connectivity index (χ4v) is 13.9. The van der Waals surface area contributed by atoms with Gasteiger partial charge in [0.25, 0.3) is 0 Å². The van der Waals surface area contributed by atoms with E-state index in [9.17, 15) is 0 Å². The monoisotopic (exact) mass is 782 g/mol. The first-order chi connectivity index (χ1) is 29.5. The summed E-state index contributed by atoms with van der Waals surface area (Å²) in [7, 11) is -2.13. The molecule has 2 aliphatic rings. The molecular weight excluding hydrogens is 741 g/mol. The number of rotatable bonds is 5. The van der Waals surface area contributed by atoms with Gasteiger partial charge >= 0.3 is 0 Å². The summed E-state index contributed by atoms with van der Waals surface area (Å²) < 4.78 is 2.54. The Labute approximate surface area is 352 Å². The van der Waals surface area contributed by atoms with Gasteiger partial charge in [-0.3, -0.25) is 0 Å². The molecular formula is C57H42N2Si. The molecule has 1 aromatic heterocycles. The van der Waals surface area contributed by atoms with E-state index < -0.39 is 13.5 Å². The van der Waals surface area contributed by atoms with Crippen LogP contribution in [0, 0.1) is 0 Å². The standard InChI is InChI=1S/C57H42N2Si/c1-60(2)54-27-14-11-23-49(54)57(48-22-10-13-26-53(48)59-52-25-12-9-20-46(52)47-21-15-24-50(57)56(47)59)51-38-42(32-37-55(51)60)41-30-35-45(36-31-41)58(43-18-7-4-8-19-43)44-33-28-40(29-34-44)39-16-5-3-6-17-39/h3-38H,1-2H3. The maximum atomic E-state index is 2.56. The van der Waals surface area contributed by atoms with Crippen LogP contribution in [0.1, 0.15) is 22.3 Å². The lowest BCUT2D eigenvalue weighted by atomic mass is 9.62. The Morgan fingerprint density at radius 3 is 1.65 bits per heavy atom. The van der Waals surface area contributed by atoms with E-state index >= 15 is 0 Å². The number of anilines is 3. The van der Waals surface area contributed by atoms with Gasteiger partial charge in [-0.25, -0.2) is 0 Å². The summed E-state index contributed by atoms with van der Waals surface area (Å²) in [5.41, 5.74) is 17.1. The second-order valence-electron chi connectivity index (χ2n) is 16.9. The smallest absolute Gasteiger partial charge is 0.113 e. The summed E-state index contributed by atoms with van der Waals surface area (Å²) >= 11 is 0. The minimum absolute atomic E-state index is 0.499. The predicted octanol–water partition coefficient (Wildman–Crippen LogP) is 13.4. The summed E-state index contributed by atoms with van der Waals surface area (Å²) in [5.74, 6) is 0. The van der Waals surface area contributed by atoms with E-state index in [1.54, 1.807) is 0 Å². The van der Waals surface area contributed by atoms with Crippen molar-refractivity contribution < 1.29 is 0 Å². The van der Waals surface area contributed by atoms with E-state index in [-0.39, 0.29) is 0 Å². The quantitative estimate of drug-likeness (QED) is 0.158. The highest BCUT2D eigenvalue weighted by Crippen LogP contribution is 2.55. The van der Waals surface area contributed by atoms with Gasteiger partial charge in [-0.2, -0.15) is 0 Å². The third-order valence-electron chi connectivity index (χ3n) is 13.5. The molecule has 9 aromatic carbocycles. The average Bonchev–Trinajstić information content (AvgIpc) is 3.65. The van der Waals surface area contributed by atoms with E-state index in [0.29, 0.717) is 0 Å². The lowest BCUT2D eigenvalue weighted by Crippen LogP contribution is -2.63. The number of nitrogens with zero attached hydrogens (tertiary/aromatic N) is 2. The van der Waals surface area contributed by atoms with Crippen molar-refractivity contribution in [3.05, 3.63) is 241 Å². The minimum Gasteiger partial charge on any atom is -0.311 e. The molecule has 0 radical (unpaired) electrons. The lowest BCUT2D eigenvalue weighted by molar-refractivity contribution is 0.732. The number of hydrogen-bond donors (Lipinski definition) is 0. The van der Waals surface area contributed by atoms with Crippen LogP contribution >= 0.6 is 0 Å². The second-order valence-corrected chi connectivity index (χ2v) is 21.2. The Balaban J connectivity index is 1.05. The maximum absolute atomic E-state index is 2.56. The molecule has 1 spiro atoms. The summed E-state index contributed by atoms with van der Waals surface area (Å²) in [5, 5.41) is 5.63. The highest BCUT2D eigenvalue weighted by molar-refractivity contribution is 7.01. The van der Waals surface area contributed by atoms with Gasteiger partial charge in [0.1, 0.15) is 8.07 Å². The molecule has 0 N–H and O–H groups in total. The molecule has 2 aliphatic heterocycles. The first-order valence-corrected chi connectivity index (χ1v) is 24.0. The van der Waals surface area contributed by atoms with Crippen LogP contribution in [0.2, 0.25) is 13.1 Å². The van der Waals surface area contributed by atoms with Crippen LogP contribution in [0.4, 0.5) is 17.1 Å². The van der Waals surface area contributed by atoms with Crippen molar-refractivity contribution in [1.82, 2.24) is 4.57 Å². The van der Waals surface area contributed by atoms with E-state index in [1.165, 1.54) is 82.4 Å². The van der Waals surface area contributed by atoms with Gasteiger partial charge in [0.2, 0.25) is 0 Å². The van der Waals surface area contributed by atoms with Crippen LogP contribution in [0.5, 0.6) is 0 Å². The molecule has 3 heteroatoms. The van der Waals surface area contributed by atoms with E-state index in [4.69, 9.17) is 0 Å². The minimum atomic E-state index is -2.13. The van der Waals surface area contributed by atoms with Gasteiger partial charge in [-0.05, 0) is 109 Å². The summed E-state index contributed by atoms with van der Waals surface area (Å²) in [6, 6.07) is 81.4. The molecule has 12 rings (SSSR count). The van der Waals surface area contributed by atoms with E-state index in [1.807, 2.05) is 0 Å². The molecule has 1 unspecified atom stereocenters. The lowest BCUT2D eigenvalue weighted by Gasteiger charge is -2.49. The molecule has 0 saturated carbocycles. The molecule has 0 amide bonds. The Hall–Kier alpha value is -7.20. The van der Waals surface area contributed by atoms with E-state index in [0.717, 1.165) is 17.1 Å². The Morgan fingerprint density at radius 2 is 0.900 bits per heavy atom. The van der Waals surface area contributed by atoms with Crippen molar-refractivity contribution in [3.63, 3.8) is 0 Å². The average molecular weight is 783 g/mol. The highest BCUT2D eigenvalue weighted by Gasteiger charge is 2.53. The topological polar surface area (TPSA) is 8.17 Å². The van der Waals surface area contributed by atoms with Gasteiger partial charge < -0.3 is 9.47 Å². The van der Waals surface area contributed by atoms with Crippen LogP contribution in [0.3, 0.4) is 0 Å². The van der Waals surface area contributed by atoms with E-state index in [2.05, 4.69) is 241 Å². The number of para-hydroxylation sites is 4. The fraction of sp³-hybridized carbons (Fsp3) is 0.0526. The van der Waals surface area contributed by atoms with Crippen molar-refractivity contribution in [2.75, 3.05) is 4.90 Å². The summed E-state index contributed by atoms with van der Waals surface area (Å²) in [6.07, 6.45) is 0. The molecule has 60 heavy (non-hydrogen) atoms. The van der Waals surface area contributed by atoms with Gasteiger partial charge in [0.15, 0.2) is 0 Å². The molecule has 1 atom stereocenters. The Bertz CT molecular complexity index is 3270. The van der Waals surface area contributed by atoms with Crippen molar-refractivity contribution >= 4 is 57.3 Å². The van der Waals surface area contributed by atoms with Crippen LogP contribution in [-0.4, -0.2) is 12.6 Å². The number of fused-ring (bicyclic) bond motifs is 11. The zero-order valence-corrected chi connectivity index (χ0v) is 34.7. The SMILES string of the molecule is C[Si]1(C)c2ccccc2C2(c3ccccc3-n3c4ccccc4c4cccc2c43)c2cc(-c3ccc(N(c4ccccc4)c4ccc(-c5ccccc5)cc4)cc3)ccc21. The van der Waals surface area contributed by atoms with Gasteiger partial charge in [0.05, 0.1) is 22.1 Å². The molecule has 0 saturated heterocycles. The Morgan fingerprint density at radius 1 is 0.383 bits per heavy atom. The third kappa shape index (κ3) is 4.87. The van der Waals surface area contributed by atoms with Crippen molar-refractivity contribution in [3.8, 4) is 27.9 Å². The van der Waals surface area contributed by atoms with Gasteiger partial charge in [-0.1, -0.05) is 177 Å². The zero-order chi connectivity index (χ0) is 40.0. The van der Waals surface area contributed by atoms with Crippen molar-refractivity contribution in [2.24, 2.45) is 0 Å². The molecule has 0 aliphatic carbocycles. The van der Waals surface area contributed by atoms with Crippen LogP contribution < -0.4 is 15.3 Å². The first kappa shape index (κ1) is 34.8. The van der Waals surface area contributed by atoms with Gasteiger partial charge in [-0.15, -0.1) is 0 Å². The molecule has 0 fully saturated rings. The Kier molecular flexibility index (Phi) is 7.63. The molecule has 0 bridgehead atoms. The largest absolute Gasteiger partial charge is 0.311 e.